The van der Waals surface area contributed by atoms with Crippen molar-refractivity contribution in [3.05, 3.63) is 59.7 Å². The van der Waals surface area contributed by atoms with E-state index >= 15 is 0 Å². The maximum atomic E-state index is 13.2. The molecule has 0 bridgehead atoms. The Kier molecular flexibility index (Phi) is 4.29. The van der Waals surface area contributed by atoms with Gasteiger partial charge < -0.3 is 10.2 Å². The van der Waals surface area contributed by atoms with E-state index in [4.69, 9.17) is 0 Å². The summed E-state index contributed by atoms with van der Waals surface area (Å²) in [4.78, 5) is 26.0. The highest BCUT2D eigenvalue weighted by Gasteiger charge is 2.35. The first kappa shape index (κ1) is 16.1. The number of hydrogen-bond donors (Lipinski definition) is 1. The number of benzene rings is 2. The first-order valence-corrected chi connectivity index (χ1v) is 7.57. The third-order valence-corrected chi connectivity index (χ3v) is 4.03. The van der Waals surface area contributed by atoms with Gasteiger partial charge in [-0.15, -0.1) is 0 Å². The highest BCUT2D eigenvalue weighted by molar-refractivity contribution is 6.03. The van der Waals surface area contributed by atoms with Gasteiger partial charge in [0.05, 0.1) is 5.92 Å². The summed E-state index contributed by atoms with van der Waals surface area (Å²) >= 11 is 0. The van der Waals surface area contributed by atoms with Gasteiger partial charge in [-0.2, -0.15) is 0 Å². The maximum Gasteiger partial charge on any atom is 0.229 e. The Morgan fingerprint density at radius 3 is 2.50 bits per heavy atom. The van der Waals surface area contributed by atoms with Crippen LogP contribution in [0, 0.1) is 24.5 Å². The number of amides is 2. The number of nitrogens with zero attached hydrogens (tertiary/aromatic N) is 1. The van der Waals surface area contributed by atoms with E-state index in [-0.39, 0.29) is 30.5 Å². The fraction of sp³-hybridized carbons (Fsp3) is 0.222. The number of anilines is 2. The standard InChI is InChI=1S/C18H16F2N2O2/c1-11-2-5-14(6-3-11)22-10-12(8-17(22)23)18(24)21-13-4-7-15(19)16(20)9-13/h2-7,9,12H,8,10H2,1H3,(H,21,24)/t12-/m1/s1. The molecule has 0 aromatic heterocycles. The van der Waals surface area contributed by atoms with Crippen LogP contribution in [0.15, 0.2) is 42.5 Å². The lowest BCUT2D eigenvalue weighted by molar-refractivity contribution is -0.122. The van der Waals surface area contributed by atoms with Crippen LogP contribution in [0.3, 0.4) is 0 Å². The molecular formula is C18H16F2N2O2. The maximum absolute atomic E-state index is 13.2. The molecule has 1 atom stereocenters. The molecule has 0 saturated carbocycles. The van der Waals surface area contributed by atoms with Crippen molar-refractivity contribution in [2.24, 2.45) is 5.92 Å². The molecule has 1 fully saturated rings. The Morgan fingerprint density at radius 1 is 1.12 bits per heavy atom. The third kappa shape index (κ3) is 3.27. The van der Waals surface area contributed by atoms with Crippen LogP contribution in [0.25, 0.3) is 0 Å². The zero-order valence-electron chi connectivity index (χ0n) is 13.1. The normalized spacial score (nSPS) is 17.2. The Labute approximate surface area is 138 Å². The van der Waals surface area contributed by atoms with Gasteiger partial charge in [0.1, 0.15) is 0 Å². The van der Waals surface area contributed by atoms with E-state index in [2.05, 4.69) is 5.32 Å². The Balaban J connectivity index is 1.69. The first-order valence-electron chi connectivity index (χ1n) is 7.57. The monoisotopic (exact) mass is 330 g/mol. The van der Waals surface area contributed by atoms with Crippen molar-refractivity contribution in [2.45, 2.75) is 13.3 Å². The zero-order valence-corrected chi connectivity index (χ0v) is 13.1. The van der Waals surface area contributed by atoms with E-state index in [1.54, 1.807) is 4.90 Å². The number of carbonyl (C=O) groups excluding carboxylic acids is 2. The van der Waals surface area contributed by atoms with Crippen molar-refractivity contribution in [1.82, 2.24) is 0 Å². The molecule has 0 unspecified atom stereocenters. The molecule has 2 aromatic carbocycles. The molecule has 6 heteroatoms. The summed E-state index contributed by atoms with van der Waals surface area (Å²) in [7, 11) is 0. The second-order valence-corrected chi connectivity index (χ2v) is 5.86. The van der Waals surface area contributed by atoms with Gasteiger partial charge in [0.25, 0.3) is 0 Å². The number of carbonyl (C=O) groups is 2. The van der Waals surface area contributed by atoms with Crippen LogP contribution in [-0.4, -0.2) is 18.4 Å². The molecule has 0 aliphatic carbocycles. The summed E-state index contributed by atoms with van der Waals surface area (Å²) in [6.45, 7) is 2.21. The quantitative estimate of drug-likeness (QED) is 0.939. The van der Waals surface area contributed by atoms with Crippen molar-refractivity contribution in [3.8, 4) is 0 Å². The van der Waals surface area contributed by atoms with Crippen LogP contribution in [0.4, 0.5) is 20.2 Å². The smallest absolute Gasteiger partial charge is 0.229 e. The number of nitrogens with one attached hydrogen (secondary N) is 1. The molecule has 1 heterocycles. The van der Waals surface area contributed by atoms with Crippen molar-refractivity contribution in [2.75, 3.05) is 16.8 Å². The lowest BCUT2D eigenvalue weighted by atomic mass is 10.1. The lowest BCUT2D eigenvalue weighted by Crippen LogP contribution is -2.28. The zero-order chi connectivity index (χ0) is 17.3. The second kappa shape index (κ2) is 6.39. The van der Waals surface area contributed by atoms with E-state index in [9.17, 15) is 18.4 Å². The van der Waals surface area contributed by atoms with Gasteiger partial charge in [-0.25, -0.2) is 8.78 Å². The average molecular weight is 330 g/mol. The van der Waals surface area contributed by atoms with Crippen LogP contribution < -0.4 is 10.2 Å². The Morgan fingerprint density at radius 2 is 1.83 bits per heavy atom. The highest BCUT2D eigenvalue weighted by atomic mass is 19.2. The lowest BCUT2D eigenvalue weighted by Gasteiger charge is -2.17. The van der Waals surface area contributed by atoms with Gasteiger partial charge in [-0.3, -0.25) is 9.59 Å². The highest BCUT2D eigenvalue weighted by Crippen LogP contribution is 2.26. The molecule has 1 N–H and O–H groups in total. The fourth-order valence-electron chi connectivity index (χ4n) is 2.68. The summed E-state index contributed by atoms with van der Waals surface area (Å²) in [5.74, 6) is -3.06. The van der Waals surface area contributed by atoms with E-state index in [0.717, 1.165) is 23.4 Å². The van der Waals surface area contributed by atoms with Crippen molar-refractivity contribution in [1.29, 1.82) is 0 Å². The molecule has 2 aromatic rings. The molecule has 0 radical (unpaired) electrons. The van der Waals surface area contributed by atoms with Crippen LogP contribution in [0.5, 0.6) is 0 Å². The van der Waals surface area contributed by atoms with E-state index in [1.165, 1.54) is 6.07 Å². The molecule has 124 valence electrons. The molecular weight excluding hydrogens is 314 g/mol. The number of hydrogen-bond acceptors (Lipinski definition) is 2. The minimum Gasteiger partial charge on any atom is -0.326 e. The predicted octanol–water partition coefficient (Wildman–Crippen LogP) is 3.26. The van der Waals surface area contributed by atoms with E-state index in [1.807, 2.05) is 31.2 Å². The number of rotatable bonds is 3. The number of halogens is 2. The summed E-state index contributed by atoms with van der Waals surface area (Å²) in [6, 6.07) is 10.6. The van der Waals surface area contributed by atoms with Crippen molar-refractivity contribution < 1.29 is 18.4 Å². The Bertz CT molecular complexity index is 790. The first-order chi connectivity index (χ1) is 11.4. The second-order valence-electron chi connectivity index (χ2n) is 5.86. The average Bonchev–Trinajstić information content (AvgIpc) is 2.94. The van der Waals surface area contributed by atoms with Gasteiger partial charge in [0.15, 0.2) is 11.6 Å². The predicted molar refractivity (Wildman–Crippen MR) is 86.6 cm³/mol. The third-order valence-electron chi connectivity index (χ3n) is 4.03. The van der Waals surface area contributed by atoms with Gasteiger partial charge >= 0.3 is 0 Å². The fourth-order valence-corrected chi connectivity index (χ4v) is 2.68. The summed E-state index contributed by atoms with van der Waals surface area (Å²) in [6.07, 6.45) is 0.0867. The Hall–Kier alpha value is -2.76. The summed E-state index contributed by atoms with van der Waals surface area (Å²) in [5.41, 5.74) is 1.99. The molecule has 0 spiro atoms. The van der Waals surface area contributed by atoms with Crippen molar-refractivity contribution in [3.63, 3.8) is 0 Å². The molecule has 1 aliphatic rings. The van der Waals surface area contributed by atoms with Crippen LogP contribution >= 0.6 is 0 Å². The number of aryl methyl sites for hydroxylation is 1. The van der Waals surface area contributed by atoms with E-state index < -0.39 is 17.6 Å². The van der Waals surface area contributed by atoms with Crippen molar-refractivity contribution >= 4 is 23.2 Å². The molecule has 1 aliphatic heterocycles. The molecule has 2 amide bonds. The molecule has 24 heavy (non-hydrogen) atoms. The van der Waals surface area contributed by atoms with Gasteiger partial charge in [-0.05, 0) is 31.2 Å². The molecule has 4 nitrogen and oxygen atoms in total. The SMILES string of the molecule is Cc1ccc(N2C[C@H](C(=O)Nc3ccc(F)c(F)c3)CC2=O)cc1. The van der Waals surface area contributed by atoms with Gasteiger partial charge in [0.2, 0.25) is 11.8 Å². The largest absolute Gasteiger partial charge is 0.326 e. The van der Waals surface area contributed by atoms with Crippen LogP contribution in [-0.2, 0) is 9.59 Å². The molecule has 1 saturated heterocycles. The van der Waals surface area contributed by atoms with E-state index in [0.29, 0.717) is 0 Å². The van der Waals surface area contributed by atoms with Gasteiger partial charge in [-0.1, -0.05) is 17.7 Å². The summed E-state index contributed by atoms with van der Waals surface area (Å²) in [5, 5.41) is 2.53. The minimum atomic E-state index is -1.03. The minimum absolute atomic E-state index is 0.0867. The summed E-state index contributed by atoms with van der Waals surface area (Å²) < 4.78 is 26.1. The topological polar surface area (TPSA) is 49.4 Å². The van der Waals surface area contributed by atoms with Gasteiger partial charge in [0, 0.05) is 30.4 Å². The molecule has 3 rings (SSSR count). The van der Waals surface area contributed by atoms with Crippen LogP contribution in [0.2, 0.25) is 0 Å². The van der Waals surface area contributed by atoms with Crippen LogP contribution in [0.1, 0.15) is 12.0 Å².